The molecule has 0 bridgehead atoms. The van der Waals surface area contributed by atoms with E-state index in [4.69, 9.17) is 11.6 Å². The number of allylic oxidation sites excluding steroid dienone is 1. The Labute approximate surface area is 148 Å². The molecule has 1 aromatic heterocycles. The molecule has 1 N–H and O–H groups in total. The predicted molar refractivity (Wildman–Crippen MR) is 97.4 cm³/mol. The molecule has 1 aliphatic heterocycles. The van der Waals surface area contributed by atoms with Gasteiger partial charge in [-0.1, -0.05) is 23.7 Å². The molecule has 7 heteroatoms. The van der Waals surface area contributed by atoms with Crippen molar-refractivity contribution in [2.75, 3.05) is 7.05 Å². The highest BCUT2D eigenvalue weighted by atomic mass is 35.5. The second kappa shape index (κ2) is 6.67. The van der Waals surface area contributed by atoms with Crippen molar-refractivity contribution in [3.05, 3.63) is 58.2 Å². The van der Waals surface area contributed by atoms with Gasteiger partial charge in [0.15, 0.2) is 5.17 Å². The highest BCUT2D eigenvalue weighted by Gasteiger charge is 2.32. The highest BCUT2D eigenvalue weighted by Crippen LogP contribution is 2.37. The van der Waals surface area contributed by atoms with E-state index >= 15 is 0 Å². The van der Waals surface area contributed by atoms with E-state index < -0.39 is 0 Å². The van der Waals surface area contributed by atoms with Gasteiger partial charge < -0.3 is 5.11 Å². The summed E-state index contributed by atoms with van der Waals surface area (Å²) < 4.78 is 0. The van der Waals surface area contributed by atoms with E-state index in [-0.39, 0.29) is 11.7 Å². The molecule has 3 rings (SSSR count). The Balaban J connectivity index is 1.98. The first kappa shape index (κ1) is 16.5. The number of likely N-dealkylation sites (N-methyl/N-ethyl adjacent to an activating group) is 1. The molecule has 1 aromatic carbocycles. The van der Waals surface area contributed by atoms with Gasteiger partial charge in [0.1, 0.15) is 5.75 Å². The minimum absolute atomic E-state index is 0.116. The second-order valence-corrected chi connectivity index (χ2v) is 6.57. The van der Waals surface area contributed by atoms with Crippen LogP contribution in [0.5, 0.6) is 5.75 Å². The fraction of sp³-hybridized carbons (Fsp3) is 0.118. The lowest BCUT2D eigenvalue weighted by Crippen LogP contribution is -2.23. The summed E-state index contributed by atoms with van der Waals surface area (Å²) in [7, 11) is 1.68. The molecule has 0 unspecified atom stereocenters. The Kier molecular flexibility index (Phi) is 4.59. The van der Waals surface area contributed by atoms with Crippen LogP contribution in [0.3, 0.4) is 0 Å². The monoisotopic (exact) mass is 359 g/mol. The highest BCUT2D eigenvalue weighted by molar-refractivity contribution is 8.18. The van der Waals surface area contributed by atoms with Crippen LogP contribution < -0.4 is 0 Å². The molecule has 2 aromatic rings. The quantitative estimate of drug-likeness (QED) is 0.821. The van der Waals surface area contributed by atoms with Gasteiger partial charge in [-0.25, -0.2) is 4.99 Å². The maximum absolute atomic E-state index is 12.5. The predicted octanol–water partition coefficient (Wildman–Crippen LogP) is 4.06. The lowest BCUT2D eigenvalue weighted by atomic mass is 10.1. The van der Waals surface area contributed by atoms with Crippen molar-refractivity contribution < 1.29 is 9.90 Å². The van der Waals surface area contributed by atoms with Gasteiger partial charge in [0.05, 0.1) is 15.6 Å². The largest absolute Gasteiger partial charge is 0.508 e. The Morgan fingerprint density at radius 1 is 1.29 bits per heavy atom. The molecule has 5 nitrogen and oxygen atoms in total. The van der Waals surface area contributed by atoms with E-state index in [1.54, 1.807) is 43.6 Å². The van der Waals surface area contributed by atoms with Gasteiger partial charge in [-0.3, -0.25) is 14.7 Å². The third kappa shape index (κ3) is 3.16. The summed E-state index contributed by atoms with van der Waals surface area (Å²) in [6.07, 6.45) is 3.12. The number of rotatable bonds is 2. The van der Waals surface area contributed by atoms with Crippen molar-refractivity contribution in [2.45, 2.75) is 6.92 Å². The number of aliphatic imine (C=N–C) groups is 1. The molecule has 1 amide bonds. The average Bonchev–Trinajstić information content (AvgIpc) is 2.85. The normalized spacial score (nSPS) is 18.4. The number of carbonyl (C=O) groups excluding carboxylic acids is 1. The number of thioether (sulfide) groups is 1. The zero-order valence-corrected chi connectivity index (χ0v) is 14.6. The van der Waals surface area contributed by atoms with Crippen LogP contribution in [-0.2, 0) is 4.79 Å². The van der Waals surface area contributed by atoms with E-state index in [2.05, 4.69) is 9.98 Å². The second-order valence-electron chi connectivity index (χ2n) is 5.19. The van der Waals surface area contributed by atoms with Gasteiger partial charge in [-0.15, -0.1) is 0 Å². The van der Waals surface area contributed by atoms with Crippen LogP contribution in [0.15, 0.2) is 52.6 Å². The van der Waals surface area contributed by atoms with E-state index in [9.17, 15) is 9.90 Å². The molecule has 122 valence electrons. The molecule has 0 aliphatic carbocycles. The molecular weight excluding hydrogens is 346 g/mol. The number of nitrogens with zero attached hydrogens (tertiary/aromatic N) is 3. The number of phenols is 1. The van der Waals surface area contributed by atoms with E-state index in [0.29, 0.717) is 20.8 Å². The Morgan fingerprint density at radius 2 is 2.00 bits per heavy atom. The number of hydrogen-bond donors (Lipinski definition) is 1. The Hall–Kier alpha value is -2.31. The lowest BCUT2D eigenvalue weighted by Gasteiger charge is -2.08. The van der Waals surface area contributed by atoms with Crippen LogP contribution in [0, 0.1) is 0 Å². The summed E-state index contributed by atoms with van der Waals surface area (Å²) in [4.78, 5) is 23.0. The van der Waals surface area contributed by atoms with E-state index in [0.717, 1.165) is 11.1 Å². The van der Waals surface area contributed by atoms with E-state index in [1.807, 2.05) is 6.92 Å². The van der Waals surface area contributed by atoms with Crippen LogP contribution in [-0.4, -0.2) is 33.1 Å². The number of aromatic nitrogens is 1. The summed E-state index contributed by atoms with van der Waals surface area (Å²) in [6.45, 7) is 1.88. The van der Waals surface area contributed by atoms with Gasteiger partial charge in [0.25, 0.3) is 5.91 Å². The summed E-state index contributed by atoms with van der Waals surface area (Å²) in [5.74, 6) is 0.0724. The molecule has 1 aliphatic rings. The van der Waals surface area contributed by atoms with Crippen molar-refractivity contribution in [1.82, 2.24) is 9.88 Å². The van der Waals surface area contributed by atoms with Crippen molar-refractivity contribution in [3.63, 3.8) is 0 Å². The molecule has 1 fully saturated rings. The summed E-state index contributed by atoms with van der Waals surface area (Å²) in [5, 5.41) is 10.4. The van der Waals surface area contributed by atoms with Crippen LogP contribution in [0.25, 0.3) is 5.57 Å². The van der Waals surface area contributed by atoms with Gasteiger partial charge in [0.2, 0.25) is 0 Å². The summed E-state index contributed by atoms with van der Waals surface area (Å²) >= 11 is 7.38. The molecule has 1 saturated heterocycles. The average molecular weight is 360 g/mol. The van der Waals surface area contributed by atoms with Crippen LogP contribution in [0.4, 0.5) is 5.69 Å². The number of carbonyl (C=O) groups is 1. The number of pyridine rings is 1. The van der Waals surface area contributed by atoms with Crippen LogP contribution in [0.2, 0.25) is 5.02 Å². The third-order valence-corrected chi connectivity index (χ3v) is 5.11. The number of hydrogen-bond acceptors (Lipinski definition) is 5. The molecule has 0 spiro atoms. The van der Waals surface area contributed by atoms with Gasteiger partial charge in [0, 0.05) is 19.4 Å². The maximum Gasteiger partial charge on any atom is 0.266 e. The molecular formula is C17H14ClN3O2S. The van der Waals surface area contributed by atoms with Crippen LogP contribution >= 0.6 is 23.4 Å². The number of amides is 1. The zero-order valence-electron chi connectivity index (χ0n) is 13.0. The number of benzene rings is 1. The summed E-state index contributed by atoms with van der Waals surface area (Å²) in [5.41, 5.74) is 2.28. The minimum Gasteiger partial charge on any atom is -0.508 e. The first-order valence-electron chi connectivity index (χ1n) is 7.12. The number of amidine groups is 1. The Morgan fingerprint density at radius 3 is 2.67 bits per heavy atom. The number of phenolic OH excluding ortho intramolecular Hbond substituents is 1. The van der Waals surface area contributed by atoms with Crippen LogP contribution in [0.1, 0.15) is 12.5 Å². The van der Waals surface area contributed by atoms with Gasteiger partial charge in [-0.2, -0.15) is 0 Å². The third-order valence-electron chi connectivity index (χ3n) is 3.59. The fourth-order valence-corrected chi connectivity index (χ4v) is 3.38. The van der Waals surface area contributed by atoms with Crippen molar-refractivity contribution >= 4 is 45.7 Å². The molecule has 2 heterocycles. The van der Waals surface area contributed by atoms with Gasteiger partial charge >= 0.3 is 0 Å². The van der Waals surface area contributed by atoms with Crippen molar-refractivity contribution in [3.8, 4) is 5.75 Å². The standard InChI is InChI=1S/C17H14ClN3O2S/c1-10(11-3-5-12(22)6-4-11)15-16(23)21(2)17(24-15)20-14-7-8-19-9-13(14)18/h3-9,22H,1-2H3/b15-10-,20-17?. The lowest BCUT2D eigenvalue weighted by molar-refractivity contribution is -0.121. The van der Waals surface area contributed by atoms with Crippen molar-refractivity contribution in [1.29, 1.82) is 0 Å². The first-order valence-corrected chi connectivity index (χ1v) is 8.31. The molecule has 24 heavy (non-hydrogen) atoms. The SMILES string of the molecule is C/C(=C1/SC(=Nc2ccncc2Cl)N(C)C1=O)c1ccc(O)cc1. The zero-order chi connectivity index (χ0) is 17.3. The first-order chi connectivity index (χ1) is 11.5. The Bertz CT molecular complexity index is 862. The number of halogens is 1. The van der Waals surface area contributed by atoms with Gasteiger partial charge in [-0.05, 0) is 48.0 Å². The topological polar surface area (TPSA) is 65.8 Å². The molecule has 0 radical (unpaired) electrons. The number of aromatic hydroxyl groups is 1. The molecule has 0 saturated carbocycles. The smallest absolute Gasteiger partial charge is 0.266 e. The minimum atomic E-state index is -0.116. The van der Waals surface area contributed by atoms with E-state index in [1.165, 1.54) is 22.9 Å². The maximum atomic E-state index is 12.5. The summed E-state index contributed by atoms with van der Waals surface area (Å²) in [6, 6.07) is 8.45. The van der Waals surface area contributed by atoms with Crippen molar-refractivity contribution in [2.24, 2.45) is 4.99 Å². The molecule has 0 atom stereocenters. The fourth-order valence-electron chi connectivity index (χ4n) is 2.18.